The number of carbonyl (C=O) groups excluding carboxylic acids is 1. The minimum Gasteiger partial charge on any atom is -0.497 e. The van der Waals surface area contributed by atoms with Gasteiger partial charge < -0.3 is 4.74 Å². The van der Waals surface area contributed by atoms with Crippen LogP contribution in [0.4, 0.5) is 0 Å². The molecule has 0 unspecified atom stereocenters. The molecule has 35 heavy (non-hydrogen) atoms. The molecule has 0 amide bonds. The van der Waals surface area contributed by atoms with Gasteiger partial charge in [-0.05, 0) is 65.7 Å². The molecule has 0 bridgehead atoms. The second kappa shape index (κ2) is 9.57. The molecule has 1 aromatic heterocycles. The molecular formula is C29H22Cl2N2O2. The molecule has 6 heteroatoms. The van der Waals surface area contributed by atoms with E-state index < -0.39 is 0 Å². The van der Waals surface area contributed by atoms with Crippen molar-refractivity contribution < 1.29 is 9.53 Å². The lowest BCUT2D eigenvalue weighted by molar-refractivity contribution is 0.112. The Morgan fingerprint density at radius 2 is 1.51 bits per heavy atom. The number of aldehydes is 1. The number of aromatic nitrogens is 2. The van der Waals surface area contributed by atoms with Gasteiger partial charge in [-0.1, -0.05) is 65.7 Å². The molecule has 5 aromatic rings. The molecule has 4 aromatic carbocycles. The number of carbonyl (C=O) groups is 1. The van der Waals surface area contributed by atoms with Gasteiger partial charge >= 0.3 is 0 Å². The first-order valence-electron chi connectivity index (χ1n) is 11.1. The van der Waals surface area contributed by atoms with E-state index in [9.17, 15) is 4.79 Å². The van der Waals surface area contributed by atoms with Crippen molar-refractivity contribution in [3.8, 4) is 28.3 Å². The van der Waals surface area contributed by atoms with Crippen LogP contribution in [0.5, 0.6) is 5.75 Å². The second-order valence-corrected chi connectivity index (χ2v) is 9.28. The number of hydrogen-bond acceptors (Lipinski definition) is 3. The highest BCUT2D eigenvalue weighted by Gasteiger charge is 2.18. The molecule has 0 N–H and O–H groups in total. The highest BCUT2D eigenvalue weighted by molar-refractivity contribution is 6.35. The third kappa shape index (κ3) is 4.68. The monoisotopic (exact) mass is 500 g/mol. The fraction of sp³-hybridized carbons (Fsp3) is 0.103. The summed E-state index contributed by atoms with van der Waals surface area (Å²) in [6.45, 7) is 2.09. The normalized spacial score (nSPS) is 12.0. The van der Waals surface area contributed by atoms with E-state index in [2.05, 4.69) is 37.3 Å². The molecule has 1 heterocycles. The van der Waals surface area contributed by atoms with Crippen molar-refractivity contribution >= 4 is 40.3 Å². The van der Waals surface area contributed by atoms with Crippen molar-refractivity contribution in [2.75, 3.05) is 7.11 Å². The van der Waals surface area contributed by atoms with E-state index in [0.717, 1.165) is 50.9 Å². The number of ether oxygens (including phenoxy) is 1. The van der Waals surface area contributed by atoms with Gasteiger partial charge in [-0.2, -0.15) is 5.10 Å². The zero-order chi connectivity index (χ0) is 24.5. The van der Waals surface area contributed by atoms with Crippen molar-refractivity contribution in [3.63, 3.8) is 0 Å². The molecule has 0 fully saturated rings. The minimum atomic E-state index is -0.0827. The average molecular weight is 501 g/mol. The van der Waals surface area contributed by atoms with E-state index in [-0.39, 0.29) is 6.04 Å². The standard InChI is InChI=1S/C29H22Cl2N2O2/c1-18(20-5-3-19(17-34)4-6-20)33-29(16-28(32-33)24-12-25(30)15-26(31)13-24)23-8-7-22-14-27(35-2)10-9-21(22)11-23/h3-18H,1-2H3/t18-/m0/s1. The Bertz CT molecular complexity index is 1520. The molecule has 174 valence electrons. The maximum atomic E-state index is 11.1. The number of fused-ring (bicyclic) bond motifs is 1. The second-order valence-electron chi connectivity index (χ2n) is 8.41. The largest absolute Gasteiger partial charge is 0.497 e. The molecule has 0 aliphatic heterocycles. The Balaban J connectivity index is 1.66. The quantitative estimate of drug-likeness (QED) is 0.221. The fourth-order valence-electron chi connectivity index (χ4n) is 4.25. The lowest BCUT2D eigenvalue weighted by atomic mass is 10.0. The number of hydrogen-bond donors (Lipinski definition) is 0. The highest BCUT2D eigenvalue weighted by atomic mass is 35.5. The van der Waals surface area contributed by atoms with Gasteiger partial charge in [0.25, 0.3) is 0 Å². The van der Waals surface area contributed by atoms with Crippen LogP contribution in [-0.2, 0) is 0 Å². The molecule has 0 saturated heterocycles. The van der Waals surface area contributed by atoms with E-state index in [0.29, 0.717) is 15.6 Å². The summed E-state index contributed by atoms with van der Waals surface area (Å²) in [6, 6.07) is 27.3. The molecule has 1 atom stereocenters. The summed E-state index contributed by atoms with van der Waals surface area (Å²) in [6.07, 6.45) is 0.846. The van der Waals surface area contributed by atoms with E-state index in [1.54, 1.807) is 13.2 Å². The van der Waals surface area contributed by atoms with Gasteiger partial charge in [0.15, 0.2) is 0 Å². The first-order valence-corrected chi connectivity index (χ1v) is 11.9. The highest BCUT2D eigenvalue weighted by Crippen LogP contribution is 2.34. The topological polar surface area (TPSA) is 44.1 Å². The Hall–Kier alpha value is -3.60. The Morgan fingerprint density at radius 3 is 2.20 bits per heavy atom. The van der Waals surface area contributed by atoms with Gasteiger partial charge in [0, 0.05) is 26.7 Å². The predicted octanol–water partition coefficient (Wildman–Crippen LogP) is 8.11. The molecule has 0 spiro atoms. The summed E-state index contributed by atoms with van der Waals surface area (Å²) in [4.78, 5) is 11.1. The van der Waals surface area contributed by atoms with Crippen LogP contribution in [-0.4, -0.2) is 23.2 Å². The summed E-state index contributed by atoms with van der Waals surface area (Å²) in [5.74, 6) is 0.822. The molecule has 0 aliphatic carbocycles. The van der Waals surface area contributed by atoms with Crippen LogP contribution in [0.15, 0.2) is 84.9 Å². The summed E-state index contributed by atoms with van der Waals surface area (Å²) in [5.41, 5.74) is 5.29. The zero-order valence-corrected chi connectivity index (χ0v) is 20.7. The van der Waals surface area contributed by atoms with Gasteiger partial charge in [0.2, 0.25) is 0 Å². The van der Waals surface area contributed by atoms with Crippen molar-refractivity contribution in [3.05, 3.63) is 106 Å². The maximum Gasteiger partial charge on any atom is 0.150 e. The van der Waals surface area contributed by atoms with Crippen LogP contribution >= 0.6 is 23.2 Å². The summed E-state index contributed by atoms with van der Waals surface area (Å²) in [5, 5.41) is 8.29. The lowest BCUT2D eigenvalue weighted by Crippen LogP contribution is -2.10. The summed E-state index contributed by atoms with van der Waals surface area (Å²) >= 11 is 12.6. The van der Waals surface area contributed by atoms with Crippen LogP contribution in [0.25, 0.3) is 33.3 Å². The first-order chi connectivity index (χ1) is 16.9. The predicted molar refractivity (Wildman–Crippen MR) is 143 cm³/mol. The van der Waals surface area contributed by atoms with Crippen molar-refractivity contribution in [1.29, 1.82) is 0 Å². The fourth-order valence-corrected chi connectivity index (χ4v) is 4.78. The first kappa shape index (κ1) is 23.2. The number of benzene rings is 4. The van der Waals surface area contributed by atoms with Gasteiger partial charge in [-0.15, -0.1) is 0 Å². The van der Waals surface area contributed by atoms with Crippen molar-refractivity contribution in [2.24, 2.45) is 0 Å². The molecule has 4 nitrogen and oxygen atoms in total. The summed E-state index contributed by atoms with van der Waals surface area (Å²) in [7, 11) is 1.67. The average Bonchev–Trinajstić information content (AvgIpc) is 3.33. The van der Waals surface area contributed by atoms with Crippen molar-refractivity contribution in [2.45, 2.75) is 13.0 Å². The number of nitrogens with zero attached hydrogens (tertiary/aromatic N) is 2. The van der Waals surface area contributed by atoms with E-state index in [1.807, 2.05) is 53.2 Å². The molecule has 5 rings (SSSR count). The minimum absolute atomic E-state index is 0.0827. The lowest BCUT2D eigenvalue weighted by Gasteiger charge is -2.17. The molecule has 0 saturated carbocycles. The summed E-state index contributed by atoms with van der Waals surface area (Å²) < 4.78 is 7.37. The Morgan fingerprint density at radius 1 is 0.829 bits per heavy atom. The number of rotatable bonds is 6. The Kier molecular flexibility index (Phi) is 6.33. The smallest absolute Gasteiger partial charge is 0.150 e. The van der Waals surface area contributed by atoms with Crippen LogP contribution < -0.4 is 4.74 Å². The van der Waals surface area contributed by atoms with E-state index in [4.69, 9.17) is 33.0 Å². The van der Waals surface area contributed by atoms with Crippen LogP contribution in [0.3, 0.4) is 0 Å². The maximum absolute atomic E-state index is 11.1. The van der Waals surface area contributed by atoms with Crippen LogP contribution in [0.2, 0.25) is 10.0 Å². The molecule has 0 aliphatic rings. The van der Waals surface area contributed by atoms with Gasteiger partial charge in [0.1, 0.15) is 12.0 Å². The number of methoxy groups -OCH3 is 1. The van der Waals surface area contributed by atoms with Crippen LogP contribution in [0, 0.1) is 0 Å². The Labute approximate surface area is 213 Å². The van der Waals surface area contributed by atoms with Crippen molar-refractivity contribution in [1.82, 2.24) is 9.78 Å². The zero-order valence-electron chi connectivity index (χ0n) is 19.2. The molecule has 0 radical (unpaired) electrons. The molecular weight excluding hydrogens is 479 g/mol. The third-order valence-electron chi connectivity index (χ3n) is 6.16. The van der Waals surface area contributed by atoms with E-state index >= 15 is 0 Å². The van der Waals surface area contributed by atoms with Gasteiger partial charge in [-0.25, -0.2) is 0 Å². The van der Waals surface area contributed by atoms with Gasteiger partial charge in [-0.3, -0.25) is 9.48 Å². The third-order valence-corrected chi connectivity index (χ3v) is 6.60. The number of halogens is 2. The SMILES string of the molecule is COc1ccc2cc(-c3cc(-c4cc(Cl)cc(Cl)c4)nn3[C@@H](C)c3ccc(C=O)cc3)ccc2c1. The van der Waals surface area contributed by atoms with Gasteiger partial charge in [0.05, 0.1) is 24.5 Å². The van der Waals surface area contributed by atoms with Crippen LogP contribution in [0.1, 0.15) is 28.9 Å². The van der Waals surface area contributed by atoms with E-state index in [1.165, 1.54) is 0 Å².